The number of benzene rings is 1. The van der Waals surface area contributed by atoms with Crippen molar-refractivity contribution in [2.75, 3.05) is 13.1 Å². The molecule has 2 heterocycles. The van der Waals surface area contributed by atoms with E-state index >= 15 is 0 Å². The van der Waals surface area contributed by atoms with Crippen LogP contribution < -0.4 is 5.32 Å². The SMILES string of the molecule is O=C(NC1CCN(C(=O)CC23CC4CC(CC(C4)C2)C3)CC1)c1ccc2nc[nH]c2c1. The zero-order valence-electron chi connectivity index (χ0n) is 18.1. The number of carbonyl (C=O) groups excluding carboxylic acids is 2. The van der Waals surface area contributed by atoms with Crippen molar-refractivity contribution in [2.24, 2.45) is 23.2 Å². The van der Waals surface area contributed by atoms with E-state index in [0.29, 0.717) is 16.9 Å². The fourth-order valence-corrected chi connectivity index (χ4v) is 7.56. The first-order valence-electron chi connectivity index (χ1n) is 12.1. The zero-order chi connectivity index (χ0) is 21.0. The Kier molecular flexibility index (Phi) is 4.58. The van der Waals surface area contributed by atoms with E-state index in [4.69, 9.17) is 0 Å². The van der Waals surface area contributed by atoms with E-state index in [-0.39, 0.29) is 11.9 Å². The Morgan fingerprint density at radius 1 is 1.06 bits per heavy atom. The van der Waals surface area contributed by atoms with Gasteiger partial charge in [-0.3, -0.25) is 9.59 Å². The van der Waals surface area contributed by atoms with Crippen molar-refractivity contribution >= 4 is 22.8 Å². The van der Waals surface area contributed by atoms with Crippen molar-refractivity contribution in [3.63, 3.8) is 0 Å². The predicted molar refractivity (Wildman–Crippen MR) is 118 cm³/mol. The zero-order valence-corrected chi connectivity index (χ0v) is 18.1. The maximum absolute atomic E-state index is 13.2. The Labute approximate surface area is 183 Å². The van der Waals surface area contributed by atoms with E-state index < -0.39 is 0 Å². The molecule has 7 rings (SSSR count). The number of amides is 2. The molecule has 6 nitrogen and oxygen atoms in total. The van der Waals surface area contributed by atoms with E-state index in [1.54, 1.807) is 6.33 Å². The number of carbonyl (C=O) groups is 2. The molecule has 31 heavy (non-hydrogen) atoms. The first kappa shape index (κ1) is 19.3. The number of aromatic nitrogens is 2. The maximum atomic E-state index is 13.2. The average molecular weight is 421 g/mol. The topological polar surface area (TPSA) is 78.1 Å². The van der Waals surface area contributed by atoms with Gasteiger partial charge in [0.25, 0.3) is 5.91 Å². The Hall–Kier alpha value is -2.37. The van der Waals surface area contributed by atoms with Gasteiger partial charge in [0.05, 0.1) is 17.4 Å². The number of hydrogen-bond donors (Lipinski definition) is 2. The lowest BCUT2D eigenvalue weighted by Crippen LogP contribution is -2.50. The quantitative estimate of drug-likeness (QED) is 0.788. The molecule has 2 N–H and O–H groups in total. The highest BCUT2D eigenvalue weighted by molar-refractivity contribution is 5.97. The summed E-state index contributed by atoms with van der Waals surface area (Å²) in [5.41, 5.74) is 2.69. The van der Waals surface area contributed by atoms with Crippen LogP contribution in [-0.2, 0) is 4.79 Å². The summed E-state index contributed by atoms with van der Waals surface area (Å²) in [5.74, 6) is 2.98. The minimum atomic E-state index is -0.0464. The highest BCUT2D eigenvalue weighted by Gasteiger charge is 2.51. The number of rotatable bonds is 4. The second kappa shape index (κ2) is 7.35. The lowest BCUT2D eigenvalue weighted by molar-refractivity contribution is -0.140. The second-order valence-electron chi connectivity index (χ2n) is 10.9. The highest BCUT2D eigenvalue weighted by Crippen LogP contribution is 2.61. The van der Waals surface area contributed by atoms with Crippen LogP contribution >= 0.6 is 0 Å². The average Bonchev–Trinajstić information content (AvgIpc) is 3.21. The largest absolute Gasteiger partial charge is 0.349 e. The van der Waals surface area contributed by atoms with Gasteiger partial charge in [-0.2, -0.15) is 0 Å². The molecule has 1 aromatic carbocycles. The third kappa shape index (κ3) is 3.64. The molecule has 1 aliphatic heterocycles. The third-order valence-electron chi connectivity index (χ3n) is 8.56. The molecule has 0 unspecified atom stereocenters. The normalized spacial score (nSPS) is 32.5. The number of H-pyrrole nitrogens is 1. The molecule has 2 aromatic rings. The molecule has 164 valence electrons. The molecular weight excluding hydrogens is 388 g/mol. The summed E-state index contributed by atoms with van der Waals surface area (Å²) in [6.07, 6.45) is 12.2. The summed E-state index contributed by atoms with van der Waals surface area (Å²) in [4.78, 5) is 35.2. The van der Waals surface area contributed by atoms with E-state index in [2.05, 4.69) is 20.2 Å². The van der Waals surface area contributed by atoms with Crippen LogP contribution in [0.1, 0.15) is 68.1 Å². The molecular formula is C25H32N4O2. The molecule has 0 radical (unpaired) electrons. The van der Waals surface area contributed by atoms with Crippen molar-refractivity contribution in [3.05, 3.63) is 30.1 Å². The number of piperidine rings is 1. The van der Waals surface area contributed by atoms with Crippen LogP contribution in [0, 0.1) is 23.2 Å². The van der Waals surface area contributed by atoms with Crippen LogP contribution in [0.25, 0.3) is 11.0 Å². The first-order valence-corrected chi connectivity index (χ1v) is 12.1. The minimum Gasteiger partial charge on any atom is -0.349 e. The standard InChI is InChI=1S/C25H32N4O2/c30-23(14-25-11-16-7-17(12-25)9-18(8-16)13-25)29-5-3-20(4-6-29)28-24(31)19-1-2-21-22(10-19)27-15-26-21/h1-2,10,15-18,20H,3-9,11-14H2,(H,26,27)(H,28,31). The van der Waals surface area contributed by atoms with Crippen molar-refractivity contribution in [2.45, 2.75) is 63.8 Å². The molecule has 1 saturated heterocycles. The number of nitrogens with one attached hydrogen (secondary N) is 2. The van der Waals surface area contributed by atoms with Gasteiger partial charge in [-0.15, -0.1) is 0 Å². The smallest absolute Gasteiger partial charge is 0.251 e. The van der Waals surface area contributed by atoms with E-state index in [9.17, 15) is 9.59 Å². The lowest BCUT2D eigenvalue weighted by atomic mass is 9.49. The molecule has 1 aromatic heterocycles. The molecule has 6 heteroatoms. The molecule has 0 atom stereocenters. The molecule has 5 fully saturated rings. The van der Waals surface area contributed by atoms with E-state index in [1.807, 2.05) is 18.2 Å². The van der Waals surface area contributed by atoms with Crippen LogP contribution in [-0.4, -0.2) is 45.8 Å². The van der Waals surface area contributed by atoms with Crippen LogP contribution in [0.5, 0.6) is 0 Å². The van der Waals surface area contributed by atoms with Gasteiger partial charge in [0, 0.05) is 31.1 Å². The number of nitrogens with zero attached hydrogens (tertiary/aromatic N) is 2. The summed E-state index contributed by atoms with van der Waals surface area (Å²) in [6, 6.07) is 5.67. The molecule has 4 saturated carbocycles. The van der Waals surface area contributed by atoms with Gasteiger partial charge in [0.15, 0.2) is 0 Å². The summed E-state index contributed by atoms with van der Waals surface area (Å²) in [6.45, 7) is 1.52. The molecule has 4 aliphatic carbocycles. The van der Waals surface area contributed by atoms with Crippen LogP contribution in [0.3, 0.4) is 0 Å². The van der Waals surface area contributed by atoms with Crippen molar-refractivity contribution < 1.29 is 9.59 Å². The molecule has 4 bridgehead atoms. The van der Waals surface area contributed by atoms with Gasteiger partial charge in [-0.05, 0) is 92.7 Å². The summed E-state index contributed by atoms with van der Waals surface area (Å²) < 4.78 is 0. The van der Waals surface area contributed by atoms with E-state index in [0.717, 1.165) is 61.1 Å². The van der Waals surface area contributed by atoms with Gasteiger partial charge < -0.3 is 15.2 Å². The van der Waals surface area contributed by atoms with Crippen LogP contribution in [0.2, 0.25) is 0 Å². The molecule has 0 spiro atoms. The summed E-state index contributed by atoms with van der Waals surface area (Å²) in [5, 5.41) is 3.17. The van der Waals surface area contributed by atoms with Gasteiger partial charge in [0.1, 0.15) is 0 Å². The summed E-state index contributed by atoms with van der Waals surface area (Å²) in [7, 11) is 0. The Balaban J connectivity index is 1.03. The molecule has 2 amide bonds. The number of fused-ring (bicyclic) bond motifs is 1. The van der Waals surface area contributed by atoms with Crippen molar-refractivity contribution in [3.8, 4) is 0 Å². The lowest BCUT2D eigenvalue weighted by Gasteiger charge is -2.57. The number of aromatic amines is 1. The monoisotopic (exact) mass is 420 g/mol. The second-order valence-corrected chi connectivity index (χ2v) is 10.9. The summed E-state index contributed by atoms with van der Waals surface area (Å²) >= 11 is 0. The predicted octanol–water partition coefficient (Wildman–Crippen LogP) is 3.89. The van der Waals surface area contributed by atoms with Crippen LogP contribution in [0.4, 0.5) is 0 Å². The van der Waals surface area contributed by atoms with Crippen molar-refractivity contribution in [1.82, 2.24) is 20.2 Å². The van der Waals surface area contributed by atoms with Crippen LogP contribution in [0.15, 0.2) is 24.5 Å². The van der Waals surface area contributed by atoms with Gasteiger partial charge >= 0.3 is 0 Å². The molecule has 5 aliphatic rings. The van der Waals surface area contributed by atoms with E-state index in [1.165, 1.54) is 38.5 Å². The third-order valence-corrected chi connectivity index (χ3v) is 8.56. The fraction of sp³-hybridized carbons (Fsp3) is 0.640. The Morgan fingerprint density at radius 2 is 1.74 bits per heavy atom. The Morgan fingerprint density at radius 3 is 2.42 bits per heavy atom. The highest BCUT2D eigenvalue weighted by atomic mass is 16.2. The van der Waals surface area contributed by atoms with Crippen molar-refractivity contribution in [1.29, 1.82) is 0 Å². The maximum Gasteiger partial charge on any atom is 0.251 e. The Bertz CT molecular complexity index is 969. The fourth-order valence-electron chi connectivity index (χ4n) is 7.56. The number of likely N-dealkylation sites (tertiary alicyclic amines) is 1. The first-order chi connectivity index (χ1) is 15.1. The van der Waals surface area contributed by atoms with Gasteiger partial charge in [0.2, 0.25) is 5.91 Å². The number of hydrogen-bond acceptors (Lipinski definition) is 3. The number of imidazole rings is 1. The van der Waals surface area contributed by atoms with Gasteiger partial charge in [-0.25, -0.2) is 4.98 Å². The minimum absolute atomic E-state index is 0.0464. The van der Waals surface area contributed by atoms with Gasteiger partial charge in [-0.1, -0.05) is 0 Å².